The molecule has 0 aromatic carbocycles. The molecule has 2 aromatic rings. The van der Waals surface area contributed by atoms with Crippen molar-refractivity contribution in [3.05, 3.63) is 18.4 Å². The number of furan rings is 1. The molecule has 0 amide bonds. The van der Waals surface area contributed by atoms with Crippen molar-refractivity contribution in [2.45, 2.75) is 6.92 Å². The number of hydrogen-bond acceptors (Lipinski definition) is 4. The monoisotopic (exact) mass is 178 g/mol. The van der Waals surface area contributed by atoms with Crippen molar-refractivity contribution in [2.75, 3.05) is 11.9 Å². The minimum atomic E-state index is 0.592. The maximum absolute atomic E-state index is 5.15. The highest BCUT2D eigenvalue weighted by Gasteiger charge is 2.05. The van der Waals surface area contributed by atoms with Crippen LogP contribution in [0.1, 0.15) is 6.92 Å². The summed E-state index contributed by atoms with van der Waals surface area (Å²) in [5.74, 6) is 1.92. The normalized spacial score (nSPS) is 10.2. The highest BCUT2D eigenvalue weighted by Crippen LogP contribution is 2.15. The fraction of sp³-hybridized carbons (Fsp3) is 0.250. The standard InChI is InChI=1S/C8H10N4O/c1-2-9-8-10-7(11-12-8)6-4-3-5-13-6/h3-5H,2H2,1H3,(H2,9,10,11,12). The molecule has 0 bridgehead atoms. The van der Waals surface area contributed by atoms with Gasteiger partial charge in [0.1, 0.15) is 0 Å². The molecule has 5 nitrogen and oxygen atoms in total. The van der Waals surface area contributed by atoms with E-state index in [4.69, 9.17) is 4.42 Å². The summed E-state index contributed by atoms with van der Waals surface area (Å²) in [7, 11) is 0. The molecule has 0 unspecified atom stereocenters. The predicted molar refractivity (Wildman–Crippen MR) is 48.2 cm³/mol. The predicted octanol–water partition coefficient (Wildman–Crippen LogP) is 1.50. The van der Waals surface area contributed by atoms with Gasteiger partial charge >= 0.3 is 0 Å². The quantitative estimate of drug-likeness (QED) is 0.747. The fourth-order valence-corrected chi connectivity index (χ4v) is 1.02. The molecule has 0 aliphatic carbocycles. The molecule has 5 heteroatoms. The highest BCUT2D eigenvalue weighted by atomic mass is 16.3. The van der Waals surface area contributed by atoms with Gasteiger partial charge in [0.2, 0.25) is 5.95 Å². The van der Waals surface area contributed by atoms with E-state index in [9.17, 15) is 0 Å². The van der Waals surface area contributed by atoms with E-state index in [1.54, 1.807) is 6.26 Å². The van der Waals surface area contributed by atoms with Gasteiger partial charge in [-0.15, -0.1) is 5.10 Å². The Labute approximate surface area is 75.2 Å². The Morgan fingerprint density at radius 1 is 1.62 bits per heavy atom. The van der Waals surface area contributed by atoms with Gasteiger partial charge in [-0.2, -0.15) is 4.98 Å². The first-order valence-corrected chi connectivity index (χ1v) is 4.10. The molecule has 0 saturated carbocycles. The van der Waals surface area contributed by atoms with E-state index in [0.717, 1.165) is 6.54 Å². The van der Waals surface area contributed by atoms with Crippen LogP contribution >= 0.6 is 0 Å². The molecule has 0 aliphatic rings. The third-order valence-electron chi connectivity index (χ3n) is 1.57. The molecule has 68 valence electrons. The molecule has 0 radical (unpaired) electrons. The van der Waals surface area contributed by atoms with Crippen LogP contribution in [-0.2, 0) is 0 Å². The maximum atomic E-state index is 5.15. The summed E-state index contributed by atoms with van der Waals surface area (Å²) in [6.45, 7) is 2.79. The van der Waals surface area contributed by atoms with Gasteiger partial charge in [-0.25, -0.2) is 0 Å². The van der Waals surface area contributed by atoms with Gasteiger partial charge in [0.25, 0.3) is 0 Å². The van der Waals surface area contributed by atoms with Gasteiger partial charge in [-0.05, 0) is 19.1 Å². The van der Waals surface area contributed by atoms with Crippen molar-refractivity contribution in [3.63, 3.8) is 0 Å². The lowest BCUT2D eigenvalue weighted by molar-refractivity contribution is 0.577. The smallest absolute Gasteiger partial charge is 0.242 e. The number of nitrogens with one attached hydrogen (secondary N) is 2. The second-order valence-electron chi connectivity index (χ2n) is 2.52. The Bertz CT molecular complexity index is 365. The molecule has 2 heterocycles. The van der Waals surface area contributed by atoms with E-state index in [-0.39, 0.29) is 0 Å². The lowest BCUT2D eigenvalue weighted by Gasteiger charge is -1.91. The lowest BCUT2D eigenvalue weighted by Crippen LogP contribution is -1.97. The van der Waals surface area contributed by atoms with Crippen LogP contribution in [0.2, 0.25) is 0 Å². The van der Waals surface area contributed by atoms with Gasteiger partial charge in [0.15, 0.2) is 11.6 Å². The molecule has 0 saturated heterocycles. The Hall–Kier alpha value is -1.78. The summed E-state index contributed by atoms with van der Waals surface area (Å²) in [5.41, 5.74) is 0. The molecule has 2 rings (SSSR count). The van der Waals surface area contributed by atoms with Crippen LogP contribution in [0.15, 0.2) is 22.8 Å². The maximum Gasteiger partial charge on any atom is 0.242 e. The van der Waals surface area contributed by atoms with Gasteiger partial charge < -0.3 is 9.73 Å². The van der Waals surface area contributed by atoms with Crippen molar-refractivity contribution < 1.29 is 4.42 Å². The van der Waals surface area contributed by atoms with Gasteiger partial charge in [0, 0.05) is 6.54 Å². The molecule has 0 atom stereocenters. The number of rotatable bonds is 3. The zero-order chi connectivity index (χ0) is 9.10. The Kier molecular flexibility index (Phi) is 1.99. The largest absolute Gasteiger partial charge is 0.461 e. The molecular weight excluding hydrogens is 168 g/mol. The summed E-state index contributed by atoms with van der Waals surface area (Å²) in [6, 6.07) is 3.64. The van der Waals surface area contributed by atoms with Crippen molar-refractivity contribution >= 4 is 5.95 Å². The summed E-state index contributed by atoms with van der Waals surface area (Å²) in [6.07, 6.45) is 1.60. The number of hydrogen-bond donors (Lipinski definition) is 2. The van der Waals surface area contributed by atoms with Crippen LogP contribution in [0.3, 0.4) is 0 Å². The Balaban J connectivity index is 2.23. The molecule has 2 aromatic heterocycles. The van der Waals surface area contributed by atoms with E-state index >= 15 is 0 Å². The topological polar surface area (TPSA) is 66.7 Å². The lowest BCUT2D eigenvalue weighted by atomic mass is 10.4. The molecule has 0 aliphatic heterocycles. The van der Waals surface area contributed by atoms with Crippen molar-refractivity contribution in [3.8, 4) is 11.6 Å². The van der Waals surface area contributed by atoms with E-state index in [0.29, 0.717) is 17.5 Å². The Morgan fingerprint density at radius 2 is 2.54 bits per heavy atom. The number of anilines is 1. The van der Waals surface area contributed by atoms with Crippen LogP contribution in [0.5, 0.6) is 0 Å². The average Bonchev–Trinajstić information content (AvgIpc) is 2.70. The van der Waals surface area contributed by atoms with Gasteiger partial charge in [0.05, 0.1) is 6.26 Å². The zero-order valence-electron chi connectivity index (χ0n) is 7.24. The van der Waals surface area contributed by atoms with Crippen molar-refractivity contribution in [2.24, 2.45) is 0 Å². The zero-order valence-corrected chi connectivity index (χ0v) is 7.24. The third-order valence-corrected chi connectivity index (χ3v) is 1.57. The average molecular weight is 178 g/mol. The molecular formula is C8H10N4O. The second-order valence-corrected chi connectivity index (χ2v) is 2.52. The van der Waals surface area contributed by atoms with Crippen LogP contribution in [-0.4, -0.2) is 21.7 Å². The second kappa shape index (κ2) is 3.30. The van der Waals surface area contributed by atoms with Gasteiger partial charge in [-0.1, -0.05) is 0 Å². The van der Waals surface area contributed by atoms with Crippen LogP contribution < -0.4 is 5.32 Å². The number of aromatic amines is 1. The van der Waals surface area contributed by atoms with Crippen LogP contribution in [0, 0.1) is 0 Å². The van der Waals surface area contributed by atoms with Crippen molar-refractivity contribution in [1.82, 2.24) is 15.2 Å². The fourth-order valence-electron chi connectivity index (χ4n) is 1.02. The minimum Gasteiger partial charge on any atom is -0.461 e. The molecule has 0 spiro atoms. The van der Waals surface area contributed by atoms with Gasteiger partial charge in [-0.3, -0.25) is 5.10 Å². The summed E-state index contributed by atoms with van der Waals surface area (Å²) >= 11 is 0. The third kappa shape index (κ3) is 1.53. The number of aromatic nitrogens is 3. The van der Waals surface area contributed by atoms with E-state index in [2.05, 4.69) is 20.5 Å². The van der Waals surface area contributed by atoms with E-state index in [1.807, 2.05) is 19.1 Å². The first-order valence-electron chi connectivity index (χ1n) is 4.10. The SMILES string of the molecule is CCNc1n[nH]c(-c2ccco2)n1. The molecule has 2 N–H and O–H groups in total. The van der Waals surface area contributed by atoms with Crippen LogP contribution in [0.25, 0.3) is 11.6 Å². The summed E-state index contributed by atoms with van der Waals surface area (Å²) in [4.78, 5) is 4.17. The van der Waals surface area contributed by atoms with Crippen molar-refractivity contribution in [1.29, 1.82) is 0 Å². The highest BCUT2D eigenvalue weighted by molar-refractivity contribution is 5.48. The Morgan fingerprint density at radius 3 is 3.23 bits per heavy atom. The summed E-state index contributed by atoms with van der Waals surface area (Å²) in [5, 5.41) is 9.72. The first kappa shape index (κ1) is 7.85. The number of H-pyrrole nitrogens is 1. The molecule has 13 heavy (non-hydrogen) atoms. The van der Waals surface area contributed by atoms with Crippen LogP contribution in [0.4, 0.5) is 5.95 Å². The minimum absolute atomic E-state index is 0.592. The number of nitrogens with zero attached hydrogens (tertiary/aromatic N) is 2. The van der Waals surface area contributed by atoms with E-state index < -0.39 is 0 Å². The first-order chi connectivity index (χ1) is 6.40. The molecule has 0 fully saturated rings. The summed E-state index contributed by atoms with van der Waals surface area (Å²) < 4.78 is 5.15. The van der Waals surface area contributed by atoms with E-state index in [1.165, 1.54) is 0 Å².